The fraction of sp³-hybridized carbons (Fsp3) is 0.318. The first-order valence-corrected chi connectivity index (χ1v) is 9.24. The Bertz CT molecular complexity index is 862. The highest BCUT2D eigenvalue weighted by atomic mass is 35.5. The van der Waals surface area contributed by atoms with Gasteiger partial charge < -0.3 is 14.8 Å². The third kappa shape index (κ3) is 3.30. The fourth-order valence-electron chi connectivity index (χ4n) is 4.10. The van der Waals surface area contributed by atoms with E-state index in [1.165, 1.54) is 7.11 Å². The number of methoxy groups -OCH3 is 2. The topological polar surface area (TPSA) is 47.6 Å². The van der Waals surface area contributed by atoms with Gasteiger partial charge in [-0.2, -0.15) is 0 Å². The van der Waals surface area contributed by atoms with Crippen LogP contribution in [-0.2, 0) is 14.9 Å². The molecule has 2 aromatic carbocycles. The van der Waals surface area contributed by atoms with Gasteiger partial charge in [-0.3, -0.25) is 4.79 Å². The Labute approximate surface area is 165 Å². The summed E-state index contributed by atoms with van der Waals surface area (Å²) >= 11 is 6.26. The second kappa shape index (κ2) is 7.65. The summed E-state index contributed by atoms with van der Waals surface area (Å²) in [6.45, 7) is 4.01. The molecule has 0 spiro atoms. The van der Waals surface area contributed by atoms with Gasteiger partial charge in [0.25, 0.3) is 0 Å². The van der Waals surface area contributed by atoms with Gasteiger partial charge in [0, 0.05) is 22.7 Å². The lowest BCUT2D eigenvalue weighted by Gasteiger charge is -2.46. The van der Waals surface area contributed by atoms with Crippen molar-refractivity contribution in [3.8, 4) is 5.75 Å². The first-order valence-electron chi connectivity index (χ1n) is 8.86. The Morgan fingerprint density at radius 2 is 1.85 bits per heavy atom. The Hall–Kier alpha value is -2.46. The smallest absolute Gasteiger partial charge is 0.319 e. The molecule has 27 heavy (non-hydrogen) atoms. The zero-order chi connectivity index (χ0) is 19.6. The maximum atomic E-state index is 13.3. The molecule has 2 aromatic rings. The van der Waals surface area contributed by atoms with E-state index in [0.29, 0.717) is 5.02 Å². The Kier molecular flexibility index (Phi) is 5.47. The number of rotatable bonds is 4. The van der Waals surface area contributed by atoms with Crippen LogP contribution in [0.2, 0.25) is 5.02 Å². The number of benzene rings is 2. The molecule has 3 rings (SSSR count). The maximum Gasteiger partial charge on any atom is 0.319 e. The Morgan fingerprint density at radius 3 is 2.44 bits per heavy atom. The highest BCUT2D eigenvalue weighted by molar-refractivity contribution is 6.30. The molecule has 0 bridgehead atoms. The second-order valence-corrected chi connectivity index (χ2v) is 7.27. The quantitative estimate of drug-likeness (QED) is 0.790. The van der Waals surface area contributed by atoms with Crippen LogP contribution < -0.4 is 10.1 Å². The zero-order valence-electron chi connectivity index (χ0n) is 16.0. The van der Waals surface area contributed by atoms with Crippen molar-refractivity contribution in [2.75, 3.05) is 14.2 Å². The van der Waals surface area contributed by atoms with Gasteiger partial charge >= 0.3 is 5.97 Å². The van der Waals surface area contributed by atoms with E-state index in [-0.39, 0.29) is 17.9 Å². The van der Waals surface area contributed by atoms with Gasteiger partial charge in [0.1, 0.15) is 11.2 Å². The SMILES string of the molecule is COC(=O)C1(c2ccc(OC)cc2)C(C)NC(C)=CC1c1cccc(Cl)c1. The molecule has 0 saturated heterocycles. The molecule has 0 aromatic heterocycles. The first-order chi connectivity index (χ1) is 12.9. The molecule has 0 saturated carbocycles. The van der Waals surface area contributed by atoms with Crippen LogP contribution in [0, 0.1) is 0 Å². The number of nitrogens with one attached hydrogen (secondary N) is 1. The molecule has 1 heterocycles. The number of esters is 1. The van der Waals surface area contributed by atoms with Crippen molar-refractivity contribution in [3.05, 3.63) is 76.5 Å². The molecule has 4 nitrogen and oxygen atoms in total. The highest BCUT2D eigenvalue weighted by Gasteiger charge is 2.54. The minimum atomic E-state index is -0.939. The molecular weight excluding hydrogens is 362 g/mol. The van der Waals surface area contributed by atoms with Gasteiger partial charge in [-0.25, -0.2) is 0 Å². The molecular formula is C22H24ClNO3. The summed E-state index contributed by atoms with van der Waals surface area (Å²) in [4.78, 5) is 13.3. The lowest BCUT2D eigenvalue weighted by molar-refractivity contribution is -0.149. The first kappa shape index (κ1) is 19.3. The van der Waals surface area contributed by atoms with Gasteiger partial charge in [-0.15, -0.1) is 0 Å². The van der Waals surface area contributed by atoms with Gasteiger partial charge in [-0.1, -0.05) is 41.9 Å². The van der Waals surface area contributed by atoms with Crippen molar-refractivity contribution in [3.63, 3.8) is 0 Å². The number of carbonyl (C=O) groups is 1. The van der Waals surface area contributed by atoms with Crippen molar-refractivity contribution in [1.29, 1.82) is 0 Å². The van der Waals surface area contributed by atoms with Crippen LogP contribution in [0.1, 0.15) is 30.9 Å². The molecule has 1 aliphatic rings. The largest absolute Gasteiger partial charge is 0.497 e. The summed E-state index contributed by atoms with van der Waals surface area (Å²) in [6.07, 6.45) is 2.08. The Balaban J connectivity index is 2.27. The summed E-state index contributed by atoms with van der Waals surface area (Å²) in [5.41, 5.74) is 1.91. The second-order valence-electron chi connectivity index (χ2n) is 6.84. The minimum absolute atomic E-state index is 0.188. The number of allylic oxidation sites excluding steroid dienone is 2. The van der Waals surface area contributed by atoms with Gasteiger partial charge in [0.15, 0.2) is 0 Å². The predicted octanol–water partition coefficient (Wildman–Crippen LogP) is 4.44. The third-order valence-corrected chi connectivity index (χ3v) is 5.57. The summed E-state index contributed by atoms with van der Waals surface area (Å²) in [5.74, 6) is 0.218. The highest BCUT2D eigenvalue weighted by Crippen LogP contribution is 2.47. The van der Waals surface area contributed by atoms with Crippen molar-refractivity contribution < 1.29 is 14.3 Å². The van der Waals surface area contributed by atoms with E-state index in [0.717, 1.165) is 22.6 Å². The predicted molar refractivity (Wildman–Crippen MR) is 107 cm³/mol. The average Bonchev–Trinajstić information content (AvgIpc) is 2.67. The van der Waals surface area contributed by atoms with E-state index >= 15 is 0 Å². The van der Waals surface area contributed by atoms with Gasteiger partial charge in [0.05, 0.1) is 14.2 Å². The number of halogens is 1. The van der Waals surface area contributed by atoms with Crippen LogP contribution in [0.15, 0.2) is 60.3 Å². The van der Waals surface area contributed by atoms with Crippen LogP contribution in [-0.4, -0.2) is 26.2 Å². The molecule has 1 N–H and O–H groups in total. The normalized spacial score (nSPS) is 24.6. The number of hydrogen-bond donors (Lipinski definition) is 1. The number of ether oxygens (including phenoxy) is 2. The molecule has 5 heteroatoms. The third-order valence-electron chi connectivity index (χ3n) is 5.33. The molecule has 0 amide bonds. The lowest BCUT2D eigenvalue weighted by Crippen LogP contribution is -2.57. The molecule has 3 atom stereocenters. The van der Waals surface area contributed by atoms with E-state index < -0.39 is 5.41 Å². The van der Waals surface area contributed by atoms with Gasteiger partial charge in [0.2, 0.25) is 0 Å². The molecule has 0 aliphatic carbocycles. The van der Waals surface area contributed by atoms with Crippen LogP contribution in [0.3, 0.4) is 0 Å². The fourth-order valence-corrected chi connectivity index (χ4v) is 4.30. The van der Waals surface area contributed by atoms with E-state index in [4.69, 9.17) is 21.1 Å². The van der Waals surface area contributed by atoms with Crippen LogP contribution in [0.25, 0.3) is 0 Å². The van der Waals surface area contributed by atoms with Crippen molar-refractivity contribution in [2.24, 2.45) is 0 Å². The van der Waals surface area contributed by atoms with Crippen LogP contribution in [0.4, 0.5) is 0 Å². The van der Waals surface area contributed by atoms with E-state index in [2.05, 4.69) is 11.4 Å². The average molecular weight is 386 g/mol. The summed E-state index contributed by atoms with van der Waals surface area (Å²) < 4.78 is 10.6. The summed E-state index contributed by atoms with van der Waals surface area (Å²) in [7, 11) is 3.05. The minimum Gasteiger partial charge on any atom is -0.497 e. The standard InChI is InChI=1S/C22H24ClNO3/c1-14-12-20(16-6-5-7-18(23)13-16)22(15(2)24-14,21(25)27-4)17-8-10-19(26-3)11-9-17/h5-13,15,20,24H,1-4H3. The number of hydrogen-bond acceptors (Lipinski definition) is 4. The van der Waals surface area contributed by atoms with E-state index in [1.807, 2.05) is 62.4 Å². The van der Waals surface area contributed by atoms with E-state index in [9.17, 15) is 4.79 Å². The molecule has 0 fully saturated rings. The van der Waals surface area contributed by atoms with Crippen molar-refractivity contribution in [1.82, 2.24) is 5.32 Å². The molecule has 1 aliphatic heterocycles. The molecule has 3 unspecified atom stereocenters. The van der Waals surface area contributed by atoms with Crippen LogP contribution in [0.5, 0.6) is 5.75 Å². The summed E-state index contributed by atoms with van der Waals surface area (Å²) in [6, 6.07) is 15.1. The van der Waals surface area contributed by atoms with Crippen molar-refractivity contribution >= 4 is 17.6 Å². The van der Waals surface area contributed by atoms with Crippen molar-refractivity contribution in [2.45, 2.75) is 31.2 Å². The maximum absolute atomic E-state index is 13.3. The summed E-state index contributed by atoms with van der Waals surface area (Å²) in [5, 5.41) is 4.06. The van der Waals surface area contributed by atoms with Gasteiger partial charge in [-0.05, 0) is 49.2 Å². The van der Waals surface area contributed by atoms with E-state index in [1.54, 1.807) is 7.11 Å². The molecule has 0 radical (unpaired) electrons. The Morgan fingerprint density at radius 1 is 1.15 bits per heavy atom. The van der Waals surface area contributed by atoms with Crippen LogP contribution >= 0.6 is 11.6 Å². The molecule has 142 valence electrons. The number of carbonyl (C=O) groups excluding carboxylic acids is 1. The monoisotopic (exact) mass is 385 g/mol. The zero-order valence-corrected chi connectivity index (χ0v) is 16.7. The lowest BCUT2D eigenvalue weighted by atomic mass is 9.61.